The molecular formula is C13H20BrNO. The molecule has 0 radical (unpaired) electrons. The largest absolute Gasteiger partial charge is 0.380 e. The second-order valence-electron chi connectivity index (χ2n) is 3.77. The first-order valence-corrected chi connectivity index (χ1v) is 6.65. The number of hydrogen-bond donors (Lipinski definition) is 1. The predicted octanol–water partition coefficient (Wildman–Crippen LogP) is 3.36. The second kappa shape index (κ2) is 8.74. The average molecular weight is 286 g/mol. The Morgan fingerprint density at radius 1 is 1.19 bits per heavy atom. The molecule has 0 aromatic heterocycles. The highest BCUT2D eigenvalue weighted by atomic mass is 79.9. The van der Waals surface area contributed by atoms with Gasteiger partial charge < -0.3 is 10.1 Å². The van der Waals surface area contributed by atoms with E-state index in [1.165, 1.54) is 12.0 Å². The van der Waals surface area contributed by atoms with Crippen LogP contribution in [0.15, 0.2) is 28.7 Å². The minimum absolute atomic E-state index is 0.802. The fraction of sp³-hybridized carbons (Fsp3) is 0.538. The number of nitrogens with one attached hydrogen (secondary N) is 1. The summed E-state index contributed by atoms with van der Waals surface area (Å²) in [7, 11) is 0. The Labute approximate surface area is 107 Å². The summed E-state index contributed by atoms with van der Waals surface area (Å²) in [6.45, 7) is 5.69. The van der Waals surface area contributed by atoms with E-state index >= 15 is 0 Å². The lowest BCUT2D eigenvalue weighted by Gasteiger charge is -2.06. The molecule has 0 aliphatic heterocycles. The SMILES string of the molecule is CCCCOCCNCc1ccc(Br)cc1. The summed E-state index contributed by atoms with van der Waals surface area (Å²) < 4.78 is 6.59. The van der Waals surface area contributed by atoms with Crippen LogP contribution in [0.5, 0.6) is 0 Å². The lowest BCUT2D eigenvalue weighted by molar-refractivity contribution is 0.133. The highest BCUT2D eigenvalue weighted by Crippen LogP contribution is 2.09. The van der Waals surface area contributed by atoms with Crippen LogP contribution in [0.4, 0.5) is 0 Å². The standard InChI is InChI=1S/C13H20BrNO/c1-2-3-9-16-10-8-15-11-12-4-6-13(14)7-5-12/h4-7,15H,2-3,8-11H2,1H3. The van der Waals surface area contributed by atoms with Crippen molar-refractivity contribution < 1.29 is 4.74 Å². The number of hydrogen-bond acceptors (Lipinski definition) is 2. The van der Waals surface area contributed by atoms with Gasteiger partial charge in [-0.25, -0.2) is 0 Å². The Morgan fingerprint density at radius 2 is 1.94 bits per heavy atom. The monoisotopic (exact) mass is 285 g/mol. The fourth-order valence-corrected chi connectivity index (χ4v) is 1.59. The minimum Gasteiger partial charge on any atom is -0.380 e. The molecule has 1 N–H and O–H groups in total. The van der Waals surface area contributed by atoms with Gasteiger partial charge >= 0.3 is 0 Å². The van der Waals surface area contributed by atoms with Crippen molar-refractivity contribution in [1.29, 1.82) is 0 Å². The van der Waals surface area contributed by atoms with E-state index in [4.69, 9.17) is 4.74 Å². The van der Waals surface area contributed by atoms with Crippen molar-refractivity contribution in [2.75, 3.05) is 19.8 Å². The van der Waals surface area contributed by atoms with Crippen molar-refractivity contribution in [3.63, 3.8) is 0 Å². The van der Waals surface area contributed by atoms with Gasteiger partial charge in [-0.05, 0) is 24.1 Å². The summed E-state index contributed by atoms with van der Waals surface area (Å²) in [4.78, 5) is 0. The lowest BCUT2D eigenvalue weighted by atomic mass is 10.2. The third kappa shape index (κ3) is 6.26. The third-order valence-corrected chi connectivity index (χ3v) is 2.84. The van der Waals surface area contributed by atoms with E-state index in [1.807, 2.05) is 0 Å². The summed E-state index contributed by atoms with van der Waals surface area (Å²) in [5, 5.41) is 3.36. The molecule has 1 rings (SSSR count). The molecule has 0 amide bonds. The summed E-state index contributed by atoms with van der Waals surface area (Å²) >= 11 is 3.42. The van der Waals surface area contributed by atoms with Crippen LogP contribution in [0.1, 0.15) is 25.3 Å². The normalized spacial score (nSPS) is 10.6. The van der Waals surface area contributed by atoms with E-state index in [0.29, 0.717) is 0 Å². The smallest absolute Gasteiger partial charge is 0.0591 e. The van der Waals surface area contributed by atoms with E-state index in [2.05, 4.69) is 52.4 Å². The Hall–Kier alpha value is -0.380. The first kappa shape index (κ1) is 13.7. The molecule has 0 fully saturated rings. The maximum Gasteiger partial charge on any atom is 0.0591 e. The first-order chi connectivity index (χ1) is 7.83. The number of rotatable bonds is 8. The molecule has 0 atom stereocenters. The van der Waals surface area contributed by atoms with Crippen LogP contribution in [-0.2, 0) is 11.3 Å². The number of ether oxygens (including phenoxy) is 1. The molecule has 3 heteroatoms. The van der Waals surface area contributed by atoms with Gasteiger partial charge in [0.2, 0.25) is 0 Å². The Balaban J connectivity index is 2.01. The molecule has 0 saturated carbocycles. The van der Waals surface area contributed by atoms with Crippen molar-refractivity contribution in [3.8, 4) is 0 Å². The van der Waals surface area contributed by atoms with Gasteiger partial charge in [-0.2, -0.15) is 0 Å². The number of halogens is 1. The van der Waals surface area contributed by atoms with Gasteiger partial charge in [-0.1, -0.05) is 41.4 Å². The first-order valence-electron chi connectivity index (χ1n) is 5.86. The molecule has 16 heavy (non-hydrogen) atoms. The summed E-state index contributed by atoms with van der Waals surface area (Å²) in [5.74, 6) is 0. The molecule has 90 valence electrons. The molecule has 0 bridgehead atoms. The Morgan fingerprint density at radius 3 is 2.62 bits per heavy atom. The quantitative estimate of drug-likeness (QED) is 0.740. The van der Waals surface area contributed by atoms with Crippen LogP contribution in [0.25, 0.3) is 0 Å². The highest BCUT2D eigenvalue weighted by molar-refractivity contribution is 9.10. The molecule has 0 aliphatic rings. The highest BCUT2D eigenvalue weighted by Gasteiger charge is 1.92. The van der Waals surface area contributed by atoms with Gasteiger partial charge in [-0.3, -0.25) is 0 Å². The van der Waals surface area contributed by atoms with Crippen molar-refractivity contribution >= 4 is 15.9 Å². The molecule has 0 aliphatic carbocycles. The van der Waals surface area contributed by atoms with Gasteiger partial charge in [-0.15, -0.1) is 0 Å². The van der Waals surface area contributed by atoms with Crippen molar-refractivity contribution in [1.82, 2.24) is 5.32 Å². The molecule has 1 aromatic rings. The third-order valence-electron chi connectivity index (χ3n) is 2.31. The van der Waals surface area contributed by atoms with Crippen LogP contribution in [0.3, 0.4) is 0 Å². The van der Waals surface area contributed by atoms with Gasteiger partial charge in [0.25, 0.3) is 0 Å². The molecular weight excluding hydrogens is 266 g/mol. The molecule has 0 unspecified atom stereocenters. The summed E-state index contributed by atoms with van der Waals surface area (Å²) in [6, 6.07) is 8.37. The molecule has 1 aromatic carbocycles. The van der Waals surface area contributed by atoms with E-state index in [1.54, 1.807) is 0 Å². The Kier molecular flexibility index (Phi) is 7.47. The van der Waals surface area contributed by atoms with Crippen LogP contribution >= 0.6 is 15.9 Å². The van der Waals surface area contributed by atoms with E-state index < -0.39 is 0 Å². The van der Waals surface area contributed by atoms with Crippen LogP contribution in [0, 0.1) is 0 Å². The van der Waals surface area contributed by atoms with Crippen molar-refractivity contribution in [2.24, 2.45) is 0 Å². The zero-order valence-electron chi connectivity index (χ0n) is 9.84. The molecule has 0 saturated heterocycles. The molecule has 0 heterocycles. The van der Waals surface area contributed by atoms with Crippen LogP contribution in [-0.4, -0.2) is 19.8 Å². The van der Waals surface area contributed by atoms with Gasteiger partial charge in [0.15, 0.2) is 0 Å². The van der Waals surface area contributed by atoms with Crippen molar-refractivity contribution in [2.45, 2.75) is 26.3 Å². The number of unbranched alkanes of at least 4 members (excludes halogenated alkanes) is 1. The maximum absolute atomic E-state index is 5.46. The summed E-state index contributed by atoms with van der Waals surface area (Å²) in [6.07, 6.45) is 2.36. The van der Waals surface area contributed by atoms with E-state index in [9.17, 15) is 0 Å². The minimum atomic E-state index is 0.802. The lowest BCUT2D eigenvalue weighted by Crippen LogP contribution is -2.19. The van der Waals surface area contributed by atoms with Gasteiger partial charge in [0.05, 0.1) is 6.61 Å². The van der Waals surface area contributed by atoms with Crippen molar-refractivity contribution in [3.05, 3.63) is 34.3 Å². The maximum atomic E-state index is 5.46. The predicted molar refractivity (Wildman–Crippen MR) is 71.6 cm³/mol. The van der Waals surface area contributed by atoms with E-state index in [0.717, 1.165) is 37.2 Å². The van der Waals surface area contributed by atoms with Crippen LogP contribution < -0.4 is 5.32 Å². The number of benzene rings is 1. The van der Waals surface area contributed by atoms with E-state index in [-0.39, 0.29) is 0 Å². The zero-order chi connectivity index (χ0) is 11.6. The Bertz CT molecular complexity index is 274. The zero-order valence-corrected chi connectivity index (χ0v) is 11.4. The topological polar surface area (TPSA) is 21.3 Å². The second-order valence-corrected chi connectivity index (χ2v) is 4.68. The van der Waals surface area contributed by atoms with Crippen LogP contribution in [0.2, 0.25) is 0 Å². The average Bonchev–Trinajstić information content (AvgIpc) is 2.30. The summed E-state index contributed by atoms with van der Waals surface area (Å²) in [5.41, 5.74) is 1.30. The fourth-order valence-electron chi connectivity index (χ4n) is 1.33. The van der Waals surface area contributed by atoms with Gasteiger partial charge in [0, 0.05) is 24.2 Å². The molecule has 2 nitrogen and oxygen atoms in total. The van der Waals surface area contributed by atoms with Gasteiger partial charge in [0.1, 0.15) is 0 Å². The molecule has 0 spiro atoms.